The van der Waals surface area contributed by atoms with E-state index in [1.165, 1.54) is 24.2 Å². The molecular formula is C17H30N2. The first-order valence-corrected chi connectivity index (χ1v) is 7.42. The Kier molecular flexibility index (Phi) is 6.20. The van der Waals surface area contributed by atoms with Gasteiger partial charge >= 0.3 is 0 Å². The van der Waals surface area contributed by atoms with Gasteiger partial charge in [0.15, 0.2) is 0 Å². The fourth-order valence-corrected chi connectivity index (χ4v) is 2.46. The molecule has 108 valence electrons. The van der Waals surface area contributed by atoms with Gasteiger partial charge < -0.3 is 10.2 Å². The third-order valence-corrected chi connectivity index (χ3v) is 3.25. The van der Waals surface area contributed by atoms with Crippen LogP contribution in [0.4, 0.5) is 11.4 Å². The first kappa shape index (κ1) is 15.9. The summed E-state index contributed by atoms with van der Waals surface area (Å²) in [7, 11) is 4.16. The standard InChI is InChI=1S/C17H30N2/c1-13(2)10-16(11-14(3)4)18-15-8-7-9-17(12-15)19(5)6/h7-9,12-14,16,18H,10-11H2,1-6H3. The average molecular weight is 262 g/mol. The monoisotopic (exact) mass is 262 g/mol. The normalized spacial score (nSPS) is 11.4. The molecule has 0 amide bonds. The van der Waals surface area contributed by atoms with Crippen LogP contribution in [-0.4, -0.2) is 20.1 Å². The van der Waals surface area contributed by atoms with Gasteiger partial charge in [0.2, 0.25) is 0 Å². The number of benzene rings is 1. The van der Waals surface area contributed by atoms with Gasteiger partial charge in [-0.05, 0) is 42.9 Å². The van der Waals surface area contributed by atoms with Crippen LogP contribution in [0.25, 0.3) is 0 Å². The summed E-state index contributed by atoms with van der Waals surface area (Å²) in [5.74, 6) is 1.46. The van der Waals surface area contributed by atoms with Crippen molar-refractivity contribution in [3.63, 3.8) is 0 Å². The molecule has 0 unspecified atom stereocenters. The fourth-order valence-electron chi connectivity index (χ4n) is 2.46. The Morgan fingerprint density at radius 1 is 1.00 bits per heavy atom. The molecule has 0 aliphatic heterocycles. The molecule has 0 spiro atoms. The zero-order valence-electron chi connectivity index (χ0n) is 13.4. The lowest BCUT2D eigenvalue weighted by atomic mass is 9.95. The van der Waals surface area contributed by atoms with Crippen LogP contribution in [0.5, 0.6) is 0 Å². The number of nitrogens with zero attached hydrogens (tertiary/aromatic N) is 1. The molecule has 0 atom stereocenters. The van der Waals surface area contributed by atoms with Crippen molar-refractivity contribution in [2.75, 3.05) is 24.3 Å². The predicted octanol–water partition coefficient (Wildman–Crippen LogP) is 4.63. The maximum Gasteiger partial charge on any atom is 0.0381 e. The molecule has 0 aliphatic rings. The van der Waals surface area contributed by atoms with Gasteiger partial charge in [0.25, 0.3) is 0 Å². The molecule has 0 fully saturated rings. The van der Waals surface area contributed by atoms with Crippen LogP contribution < -0.4 is 10.2 Å². The maximum absolute atomic E-state index is 3.71. The molecule has 19 heavy (non-hydrogen) atoms. The van der Waals surface area contributed by atoms with Crippen molar-refractivity contribution in [3.8, 4) is 0 Å². The summed E-state index contributed by atoms with van der Waals surface area (Å²) in [4.78, 5) is 2.14. The molecule has 0 heterocycles. The highest BCUT2D eigenvalue weighted by atomic mass is 15.1. The van der Waals surface area contributed by atoms with Gasteiger partial charge in [-0.3, -0.25) is 0 Å². The first-order chi connectivity index (χ1) is 8.88. The highest BCUT2D eigenvalue weighted by molar-refractivity contribution is 5.57. The van der Waals surface area contributed by atoms with Gasteiger partial charge in [-0.1, -0.05) is 33.8 Å². The third-order valence-electron chi connectivity index (χ3n) is 3.25. The zero-order chi connectivity index (χ0) is 14.4. The maximum atomic E-state index is 3.71. The minimum atomic E-state index is 0.567. The third kappa shape index (κ3) is 6.00. The summed E-state index contributed by atoms with van der Waals surface area (Å²) in [6.45, 7) is 9.19. The van der Waals surface area contributed by atoms with Gasteiger partial charge in [0.05, 0.1) is 0 Å². The summed E-state index contributed by atoms with van der Waals surface area (Å²) >= 11 is 0. The smallest absolute Gasteiger partial charge is 0.0381 e. The second kappa shape index (κ2) is 7.42. The summed E-state index contributed by atoms with van der Waals surface area (Å²) in [6, 6.07) is 9.23. The van der Waals surface area contributed by atoms with E-state index in [1.807, 2.05) is 0 Å². The van der Waals surface area contributed by atoms with E-state index in [4.69, 9.17) is 0 Å². The second-order valence-electron chi connectivity index (χ2n) is 6.55. The van der Waals surface area contributed by atoms with Crippen molar-refractivity contribution in [1.82, 2.24) is 0 Å². The Morgan fingerprint density at radius 2 is 1.58 bits per heavy atom. The quantitative estimate of drug-likeness (QED) is 0.771. The lowest BCUT2D eigenvalue weighted by Gasteiger charge is -2.24. The summed E-state index contributed by atoms with van der Waals surface area (Å²) < 4.78 is 0. The topological polar surface area (TPSA) is 15.3 Å². The molecule has 0 bridgehead atoms. The zero-order valence-corrected chi connectivity index (χ0v) is 13.4. The molecule has 2 heteroatoms. The number of hydrogen-bond donors (Lipinski definition) is 1. The molecule has 0 saturated carbocycles. The minimum absolute atomic E-state index is 0.567. The van der Waals surface area contributed by atoms with Gasteiger partial charge in [-0.15, -0.1) is 0 Å². The predicted molar refractivity (Wildman–Crippen MR) is 87.1 cm³/mol. The van der Waals surface area contributed by atoms with Gasteiger partial charge in [0.1, 0.15) is 0 Å². The molecule has 1 rings (SSSR count). The average Bonchev–Trinajstić information content (AvgIpc) is 2.27. The lowest BCUT2D eigenvalue weighted by molar-refractivity contribution is 0.442. The van der Waals surface area contributed by atoms with Crippen molar-refractivity contribution in [2.24, 2.45) is 11.8 Å². The van der Waals surface area contributed by atoms with Crippen LogP contribution in [-0.2, 0) is 0 Å². The number of nitrogens with one attached hydrogen (secondary N) is 1. The molecule has 1 aromatic carbocycles. The van der Waals surface area contributed by atoms with Crippen molar-refractivity contribution >= 4 is 11.4 Å². The Hall–Kier alpha value is -1.18. The van der Waals surface area contributed by atoms with Crippen LogP contribution >= 0.6 is 0 Å². The number of hydrogen-bond acceptors (Lipinski definition) is 2. The van der Waals surface area contributed by atoms with Gasteiger partial charge in [0, 0.05) is 31.5 Å². The fraction of sp³-hybridized carbons (Fsp3) is 0.647. The molecule has 2 nitrogen and oxygen atoms in total. The largest absolute Gasteiger partial charge is 0.382 e. The molecule has 1 aromatic rings. The van der Waals surface area contributed by atoms with E-state index in [-0.39, 0.29) is 0 Å². The van der Waals surface area contributed by atoms with E-state index >= 15 is 0 Å². The van der Waals surface area contributed by atoms with Crippen LogP contribution in [0, 0.1) is 11.8 Å². The Bertz CT molecular complexity index is 359. The van der Waals surface area contributed by atoms with Gasteiger partial charge in [-0.2, -0.15) is 0 Å². The second-order valence-corrected chi connectivity index (χ2v) is 6.55. The SMILES string of the molecule is CC(C)CC(CC(C)C)Nc1cccc(N(C)C)c1. The van der Waals surface area contributed by atoms with Crippen LogP contribution in [0.15, 0.2) is 24.3 Å². The molecule has 0 aliphatic carbocycles. The van der Waals surface area contributed by atoms with E-state index in [1.54, 1.807) is 0 Å². The van der Waals surface area contributed by atoms with Crippen LogP contribution in [0.1, 0.15) is 40.5 Å². The Balaban J connectivity index is 2.74. The Morgan fingerprint density at radius 3 is 2.05 bits per heavy atom. The number of rotatable bonds is 7. The minimum Gasteiger partial charge on any atom is -0.382 e. The summed E-state index contributed by atoms with van der Waals surface area (Å²) in [5.41, 5.74) is 2.48. The highest BCUT2D eigenvalue weighted by Gasteiger charge is 2.13. The van der Waals surface area contributed by atoms with Crippen molar-refractivity contribution in [3.05, 3.63) is 24.3 Å². The van der Waals surface area contributed by atoms with Crippen LogP contribution in [0.2, 0.25) is 0 Å². The summed E-state index contributed by atoms with van der Waals surface area (Å²) in [6.07, 6.45) is 2.45. The molecule has 0 aromatic heterocycles. The number of anilines is 2. The Labute approximate surface area is 119 Å². The van der Waals surface area contributed by atoms with Gasteiger partial charge in [-0.25, -0.2) is 0 Å². The van der Waals surface area contributed by atoms with Crippen molar-refractivity contribution in [2.45, 2.75) is 46.6 Å². The highest BCUT2D eigenvalue weighted by Crippen LogP contribution is 2.22. The van der Waals surface area contributed by atoms with E-state index in [0.29, 0.717) is 6.04 Å². The van der Waals surface area contributed by atoms with Crippen molar-refractivity contribution in [1.29, 1.82) is 0 Å². The summed E-state index contributed by atoms with van der Waals surface area (Å²) in [5, 5.41) is 3.71. The van der Waals surface area contributed by atoms with E-state index in [2.05, 4.69) is 76.3 Å². The van der Waals surface area contributed by atoms with Crippen LogP contribution in [0.3, 0.4) is 0 Å². The first-order valence-electron chi connectivity index (χ1n) is 7.42. The van der Waals surface area contributed by atoms with Crippen molar-refractivity contribution < 1.29 is 0 Å². The van der Waals surface area contributed by atoms with E-state index < -0.39 is 0 Å². The van der Waals surface area contributed by atoms with E-state index in [0.717, 1.165) is 11.8 Å². The molecular weight excluding hydrogens is 232 g/mol. The lowest BCUT2D eigenvalue weighted by Crippen LogP contribution is -2.23. The van der Waals surface area contributed by atoms with E-state index in [9.17, 15) is 0 Å². The molecule has 1 N–H and O–H groups in total. The molecule has 0 saturated heterocycles. The molecule has 0 radical (unpaired) electrons.